The second-order valence-corrected chi connectivity index (χ2v) is 5.33. The molecule has 0 amide bonds. The number of hydrogen-bond donors (Lipinski definition) is 2. The molecule has 0 aliphatic heterocycles. The van der Waals surface area contributed by atoms with Crippen molar-refractivity contribution >= 4 is 0 Å². The molecule has 3 N–H and O–H groups in total. The van der Waals surface area contributed by atoms with E-state index < -0.39 is 0 Å². The topological polar surface area (TPSA) is 65.1 Å². The van der Waals surface area contributed by atoms with E-state index in [0.717, 1.165) is 35.4 Å². The maximum Gasteiger partial charge on any atom is 0.120 e. The molecule has 0 radical (unpaired) electrons. The number of aromatic nitrogens is 2. The molecule has 1 aromatic carbocycles. The first-order valence-electron chi connectivity index (χ1n) is 6.90. The van der Waals surface area contributed by atoms with Crippen LogP contribution in [-0.2, 0) is 7.05 Å². The van der Waals surface area contributed by atoms with Crippen LogP contribution in [0.3, 0.4) is 0 Å². The van der Waals surface area contributed by atoms with E-state index in [2.05, 4.69) is 22.7 Å². The number of benzene rings is 1. The molecule has 106 valence electrons. The van der Waals surface area contributed by atoms with E-state index in [4.69, 9.17) is 10.6 Å². The van der Waals surface area contributed by atoms with Crippen molar-refractivity contribution in [2.24, 2.45) is 12.9 Å². The van der Waals surface area contributed by atoms with E-state index in [9.17, 15) is 0 Å². The maximum absolute atomic E-state index is 5.84. The summed E-state index contributed by atoms with van der Waals surface area (Å²) in [5.41, 5.74) is 6.02. The minimum atomic E-state index is -0.0774. The predicted molar refractivity (Wildman–Crippen MR) is 77.2 cm³/mol. The van der Waals surface area contributed by atoms with E-state index in [1.54, 1.807) is 4.68 Å². The molecule has 20 heavy (non-hydrogen) atoms. The summed E-state index contributed by atoms with van der Waals surface area (Å²) in [7, 11) is 1.91. The molecular formula is C15H20N4O. The van der Waals surface area contributed by atoms with Gasteiger partial charge in [-0.25, -0.2) is 5.43 Å². The first-order chi connectivity index (χ1) is 9.67. The van der Waals surface area contributed by atoms with Gasteiger partial charge in [-0.3, -0.25) is 10.5 Å². The minimum Gasteiger partial charge on any atom is -0.490 e. The van der Waals surface area contributed by atoms with E-state index in [1.807, 2.05) is 32.3 Å². The molecular weight excluding hydrogens is 252 g/mol. The average molecular weight is 272 g/mol. The van der Waals surface area contributed by atoms with Crippen LogP contribution in [0.25, 0.3) is 0 Å². The fourth-order valence-electron chi connectivity index (χ4n) is 2.41. The van der Waals surface area contributed by atoms with Crippen molar-refractivity contribution in [3.8, 4) is 5.75 Å². The van der Waals surface area contributed by atoms with Crippen molar-refractivity contribution in [1.82, 2.24) is 15.2 Å². The lowest BCUT2D eigenvalue weighted by Gasteiger charge is -2.17. The van der Waals surface area contributed by atoms with Gasteiger partial charge in [0, 0.05) is 18.8 Å². The Morgan fingerprint density at radius 3 is 2.85 bits per heavy atom. The largest absolute Gasteiger partial charge is 0.490 e. The van der Waals surface area contributed by atoms with Gasteiger partial charge in [0.25, 0.3) is 0 Å². The van der Waals surface area contributed by atoms with Crippen molar-refractivity contribution in [1.29, 1.82) is 0 Å². The number of nitrogens with two attached hydrogens (primary N) is 1. The molecule has 5 heteroatoms. The number of ether oxygens (including phenoxy) is 1. The third-order valence-electron chi connectivity index (χ3n) is 3.55. The van der Waals surface area contributed by atoms with Crippen molar-refractivity contribution in [3.05, 3.63) is 47.3 Å². The van der Waals surface area contributed by atoms with Gasteiger partial charge in [0.1, 0.15) is 5.75 Å². The summed E-state index contributed by atoms with van der Waals surface area (Å²) < 4.78 is 7.65. The van der Waals surface area contributed by atoms with Gasteiger partial charge in [0.15, 0.2) is 0 Å². The molecule has 5 nitrogen and oxygen atoms in total. The van der Waals surface area contributed by atoms with E-state index in [1.165, 1.54) is 0 Å². The standard InChI is InChI=1S/C15H20N4O/c1-10-14(9-19(2)18-10)15(17-16)11-4-3-5-13(8-11)20-12-6-7-12/h3-5,8-9,12,15,17H,6-7,16H2,1-2H3. The molecule has 1 aliphatic rings. The van der Waals surface area contributed by atoms with Crippen molar-refractivity contribution in [2.75, 3.05) is 0 Å². The summed E-state index contributed by atoms with van der Waals surface area (Å²) in [6.07, 6.45) is 4.71. The summed E-state index contributed by atoms with van der Waals surface area (Å²) in [6, 6.07) is 8.02. The van der Waals surface area contributed by atoms with Crippen molar-refractivity contribution in [2.45, 2.75) is 31.9 Å². The zero-order valence-corrected chi connectivity index (χ0v) is 11.8. The van der Waals surface area contributed by atoms with Crippen LogP contribution in [0.1, 0.15) is 35.7 Å². The minimum absolute atomic E-state index is 0.0774. The molecule has 1 heterocycles. The first-order valence-corrected chi connectivity index (χ1v) is 6.90. The van der Waals surface area contributed by atoms with Gasteiger partial charge < -0.3 is 4.74 Å². The Morgan fingerprint density at radius 2 is 2.25 bits per heavy atom. The third kappa shape index (κ3) is 2.69. The fourth-order valence-corrected chi connectivity index (χ4v) is 2.41. The maximum atomic E-state index is 5.84. The average Bonchev–Trinajstić information content (AvgIpc) is 3.16. The Bertz CT molecular complexity index is 604. The molecule has 1 saturated carbocycles. The first kappa shape index (κ1) is 13.1. The lowest BCUT2D eigenvalue weighted by atomic mass is 10.00. The van der Waals surface area contributed by atoms with Gasteiger partial charge in [0.2, 0.25) is 0 Å². The number of rotatable bonds is 5. The highest BCUT2D eigenvalue weighted by Gasteiger charge is 2.24. The summed E-state index contributed by atoms with van der Waals surface area (Å²) in [6.45, 7) is 1.99. The van der Waals surface area contributed by atoms with E-state index in [-0.39, 0.29) is 6.04 Å². The zero-order valence-electron chi connectivity index (χ0n) is 11.8. The zero-order chi connectivity index (χ0) is 14.1. The van der Waals surface area contributed by atoms with Crippen molar-refractivity contribution in [3.63, 3.8) is 0 Å². The van der Waals surface area contributed by atoms with Gasteiger partial charge in [-0.2, -0.15) is 5.10 Å². The molecule has 3 rings (SSSR count). The van der Waals surface area contributed by atoms with Crippen LogP contribution < -0.4 is 16.0 Å². The molecule has 0 bridgehead atoms. The van der Waals surface area contributed by atoms with Crippen LogP contribution in [0.4, 0.5) is 0 Å². The van der Waals surface area contributed by atoms with Gasteiger partial charge in [-0.1, -0.05) is 12.1 Å². The van der Waals surface area contributed by atoms with Gasteiger partial charge in [-0.15, -0.1) is 0 Å². The van der Waals surface area contributed by atoms with Gasteiger partial charge in [0.05, 0.1) is 17.8 Å². The summed E-state index contributed by atoms with van der Waals surface area (Å²) in [5, 5.41) is 4.38. The molecule has 1 atom stereocenters. The van der Waals surface area contributed by atoms with Gasteiger partial charge >= 0.3 is 0 Å². The van der Waals surface area contributed by atoms with Crippen LogP contribution in [0, 0.1) is 6.92 Å². The van der Waals surface area contributed by atoms with Crippen LogP contribution in [-0.4, -0.2) is 15.9 Å². The quantitative estimate of drug-likeness (QED) is 0.643. The highest BCUT2D eigenvalue weighted by atomic mass is 16.5. The molecule has 0 saturated heterocycles. The smallest absolute Gasteiger partial charge is 0.120 e. The van der Waals surface area contributed by atoms with Crippen molar-refractivity contribution < 1.29 is 4.74 Å². The highest BCUT2D eigenvalue weighted by Crippen LogP contribution is 2.30. The lowest BCUT2D eigenvalue weighted by molar-refractivity contribution is 0.302. The lowest BCUT2D eigenvalue weighted by Crippen LogP contribution is -2.29. The van der Waals surface area contributed by atoms with E-state index >= 15 is 0 Å². The summed E-state index contributed by atoms with van der Waals surface area (Å²) in [5.74, 6) is 6.66. The summed E-state index contributed by atoms with van der Waals surface area (Å²) >= 11 is 0. The third-order valence-corrected chi connectivity index (χ3v) is 3.55. The number of hydrogen-bond acceptors (Lipinski definition) is 4. The Hall–Kier alpha value is -1.85. The monoisotopic (exact) mass is 272 g/mol. The second-order valence-electron chi connectivity index (χ2n) is 5.33. The number of nitrogens with zero attached hydrogens (tertiary/aromatic N) is 2. The molecule has 2 aromatic rings. The highest BCUT2D eigenvalue weighted by molar-refractivity contribution is 5.37. The number of aryl methyl sites for hydroxylation is 2. The number of hydrazine groups is 1. The molecule has 1 fully saturated rings. The van der Waals surface area contributed by atoms with Crippen LogP contribution >= 0.6 is 0 Å². The fraction of sp³-hybridized carbons (Fsp3) is 0.400. The summed E-state index contributed by atoms with van der Waals surface area (Å²) in [4.78, 5) is 0. The Labute approximate surface area is 118 Å². The normalized spacial score (nSPS) is 16.1. The predicted octanol–water partition coefficient (Wildman–Crippen LogP) is 1.82. The molecule has 1 aromatic heterocycles. The molecule has 1 unspecified atom stereocenters. The van der Waals surface area contributed by atoms with Crippen LogP contribution in [0.5, 0.6) is 5.75 Å². The Kier molecular flexibility index (Phi) is 3.46. The second kappa shape index (κ2) is 5.26. The Balaban J connectivity index is 1.90. The Morgan fingerprint density at radius 1 is 1.45 bits per heavy atom. The number of nitrogens with one attached hydrogen (secondary N) is 1. The SMILES string of the molecule is Cc1nn(C)cc1C(NN)c1cccc(OC2CC2)c1. The van der Waals surface area contributed by atoms with E-state index in [0.29, 0.717) is 6.10 Å². The van der Waals surface area contributed by atoms with Gasteiger partial charge in [-0.05, 0) is 37.5 Å². The van der Waals surface area contributed by atoms with Crippen LogP contribution in [0.15, 0.2) is 30.5 Å². The van der Waals surface area contributed by atoms with Crippen LogP contribution in [0.2, 0.25) is 0 Å². The molecule has 0 spiro atoms. The molecule has 1 aliphatic carbocycles.